The van der Waals surface area contributed by atoms with Crippen LogP contribution < -0.4 is 5.73 Å². The number of pyridine rings is 1. The highest BCUT2D eigenvalue weighted by atomic mass is 16.1. The first kappa shape index (κ1) is 17.4. The van der Waals surface area contributed by atoms with Gasteiger partial charge in [0.05, 0.1) is 17.2 Å². The first-order valence-corrected chi connectivity index (χ1v) is 8.61. The van der Waals surface area contributed by atoms with Gasteiger partial charge in [-0.3, -0.25) is 9.78 Å². The molecule has 0 radical (unpaired) electrons. The molecule has 3 aromatic heterocycles. The van der Waals surface area contributed by atoms with Crippen LogP contribution in [-0.4, -0.2) is 25.5 Å². The number of fused-ring (bicyclic) bond motifs is 1. The summed E-state index contributed by atoms with van der Waals surface area (Å²) in [6.45, 7) is 3.83. The van der Waals surface area contributed by atoms with E-state index in [9.17, 15) is 10.1 Å². The van der Waals surface area contributed by atoms with Crippen molar-refractivity contribution in [1.29, 1.82) is 5.26 Å². The van der Waals surface area contributed by atoms with Crippen LogP contribution in [0.4, 0.5) is 0 Å². The maximum atomic E-state index is 11.6. The fourth-order valence-corrected chi connectivity index (χ4v) is 3.25. The van der Waals surface area contributed by atoms with E-state index >= 15 is 0 Å². The lowest BCUT2D eigenvalue weighted by atomic mass is 9.99. The van der Waals surface area contributed by atoms with Gasteiger partial charge in [-0.25, -0.2) is 9.50 Å². The van der Waals surface area contributed by atoms with E-state index < -0.39 is 5.91 Å². The second kappa shape index (κ2) is 6.59. The molecule has 136 valence electrons. The molecule has 0 aliphatic carbocycles. The molecule has 1 aromatic carbocycles. The van der Waals surface area contributed by atoms with Gasteiger partial charge in [0, 0.05) is 23.1 Å². The Morgan fingerprint density at radius 1 is 1.07 bits per heavy atom. The lowest BCUT2D eigenvalue weighted by Crippen LogP contribution is -2.13. The zero-order chi connectivity index (χ0) is 19.8. The van der Waals surface area contributed by atoms with E-state index in [-0.39, 0.29) is 5.69 Å². The fraction of sp³-hybridized carbons (Fsp3) is 0.0952. The number of nitriles is 1. The monoisotopic (exact) mass is 368 g/mol. The molecule has 0 fully saturated rings. The number of primary amides is 1. The molecule has 7 heteroatoms. The maximum absolute atomic E-state index is 11.6. The number of aryl methyl sites for hydroxylation is 2. The minimum absolute atomic E-state index is 0.161. The van der Waals surface area contributed by atoms with Gasteiger partial charge in [-0.2, -0.15) is 10.4 Å². The molecule has 0 aliphatic heterocycles. The highest BCUT2D eigenvalue weighted by molar-refractivity contribution is 5.94. The first-order chi connectivity index (χ1) is 13.5. The molecular formula is C21H16N6O. The number of rotatable bonds is 3. The number of amides is 1. The molecule has 7 nitrogen and oxygen atoms in total. The Morgan fingerprint density at radius 3 is 2.50 bits per heavy atom. The number of carbonyl (C=O) groups is 1. The van der Waals surface area contributed by atoms with Gasteiger partial charge in [-0.15, -0.1) is 0 Å². The second-order valence-corrected chi connectivity index (χ2v) is 6.50. The average molecular weight is 368 g/mol. The van der Waals surface area contributed by atoms with Gasteiger partial charge in [-0.05, 0) is 49.7 Å². The summed E-state index contributed by atoms with van der Waals surface area (Å²) in [5.74, 6) is -0.607. The molecule has 0 unspecified atom stereocenters. The summed E-state index contributed by atoms with van der Waals surface area (Å²) in [6.07, 6.45) is 1.66. The van der Waals surface area contributed by atoms with Gasteiger partial charge < -0.3 is 5.73 Å². The van der Waals surface area contributed by atoms with Gasteiger partial charge >= 0.3 is 0 Å². The standard InChI is InChI=1S/C21H16N6O/c1-12-8-16(9-13(2)24-12)18-19(15-5-3-4-14(10-15)11-22)26-27-7-6-17(20(23)28)25-21(18)27/h3-10H,1-2H3,(H2,23,28). The summed E-state index contributed by atoms with van der Waals surface area (Å²) < 4.78 is 1.61. The molecule has 4 rings (SSSR count). The molecule has 0 saturated carbocycles. The molecule has 0 aliphatic rings. The number of aromatic nitrogens is 4. The van der Waals surface area contributed by atoms with Gasteiger partial charge in [0.1, 0.15) is 11.4 Å². The van der Waals surface area contributed by atoms with E-state index in [1.54, 1.807) is 22.8 Å². The van der Waals surface area contributed by atoms with Crippen molar-refractivity contribution in [2.75, 3.05) is 0 Å². The van der Waals surface area contributed by atoms with Crippen molar-refractivity contribution >= 4 is 11.6 Å². The van der Waals surface area contributed by atoms with Crippen molar-refractivity contribution in [3.8, 4) is 28.5 Å². The molecule has 1 amide bonds. The number of hydrogen-bond donors (Lipinski definition) is 1. The zero-order valence-corrected chi connectivity index (χ0v) is 15.3. The van der Waals surface area contributed by atoms with Gasteiger partial charge in [0.15, 0.2) is 5.65 Å². The van der Waals surface area contributed by atoms with E-state index in [0.29, 0.717) is 16.9 Å². The van der Waals surface area contributed by atoms with E-state index in [1.807, 2.05) is 38.1 Å². The van der Waals surface area contributed by atoms with Crippen LogP contribution in [0.15, 0.2) is 48.7 Å². The Labute approximate surface area is 161 Å². The summed E-state index contributed by atoms with van der Waals surface area (Å²) >= 11 is 0. The van der Waals surface area contributed by atoms with Gasteiger partial charge in [0.2, 0.25) is 0 Å². The largest absolute Gasteiger partial charge is 0.364 e. The van der Waals surface area contributed by atoms with E-state index in [2.05, 4.69) is 21.1 Å². The van der Waals surface area contributed by atoms with Crippen LogP contribution >= 0.6 is 0 Å². The Balaban J connectivity index is 2.09. The third-order valence-corrected chi connectivity index (χ3v) is 4.37. The fourth-order valence-electron chi connectivity index (χ4n) is 3.25. The summed E-state index contributed by atoms with van der Waals surface area (Å²) in [7, 11) is 0. The maximum Gasteiger partial charge on any atom is 0.267 e. The molecule has 0 saturated heterocycles. The van der Waals surface area contributed by atoms with E-state index in [0.717, 1.165) is 28.1 Å². The highest BCUT2D eigenvalue weighted by Gasteiger charge is 2.20. The molecule has 0 atom stereocenters. The summed E-state index contributed by atoms with van der Waals surface area (Å²) in [4.78, 5) is 20.5. The summed E-state index contributed by atoms with van der Waals surface area (Å²) in [5.41, 5.74) is 11.4. The summed E-state index contributed by atoms with van der Waals surface area (Å²) in [5, 5.41) is 13.9. The van der Waals surface area contributed by atoms with Crippen LogP contribution in [0.25, 0.3) is 28.0 Å². The number of nitrogens with zero attached hydrogens (tertiary/aromatic N) is 5. The topological polar surface area (TPSA) is 110 Å². The van der Waals surface area contributed by atoms with E-state index in [4.69, 9.17) is 5.73 Å². The first-order valence-electron chi connectivity index (χ1n) is 8.61. The lowest BCUT2D eigenvalue weighted by molar-refractivity contribution is 0.0995. The Bertz CT molecular complexity index is 1260. The van der Waals surface area contributed by atoms with Crippen LogP contribution in [0.5, 0.6) is 0 Å². The highest BCUT2D eigenvalue weighted by Crippen LogP contribution is 2.35. The zero-order valence-electron chi connectivity index (χ0n) is 15.3. The van der Waals surface area contributed by atoms with Crippen molar-refractivity contribution in [1.82, 2.24) is 19.6 Å². The molecule has 3 heterocycles. The third-order valence-electron chi connectivity index (χ3n) is 4.37. The van der Waals surface area contributed by atoms with Crippen LogP contribution in [-0.2, 0) is 0 Å². The summed E-state index contributed by atoms with van der Waals surface area (Å²) in [6, 6.07) is 14.8. The van der Waals surface area contributed by atoms with Crippen molar-refractivity contribution in [2.24, 2.45) is 5.73 Å². The molecule has 0 spiro atoms. The second-order valence-electron chi connectivity index (χ2n) is 6.50. The van der Waals surface area contributed by atoms with Crippen LogP contribution in [0.2, 0.25) is 0 Å². The smallest absolute Gasteiger partial charge is 0.267 e. The van der Waals surface area contributed by atoms with E-state index in [1.165, 1.54) is 6.07 Å². The molecular weight excluding hydrogens is 352 g/mol. The van der Waals surface area contributed by atoms with Crippen molar-refractivity contribution in [3.05, 3.63) is 71.3 Å². The molecule has 4 aromatic rings. The van der Waals surface area contributed by atoms with Crippen LogP contribution in [0.1, 0.15) is 27.4 Å². The Kier molecular flexibility index (Phi) is 4.09. The molecule has 0 bridgehead atoms. The van der Waals surface area contributed by atoms with Gasteiger partial charge in [-0.1, -0.05) is 12.1 Å². The average Bonchev–Trinajstić information content (AvgIpc) is 3.06. The predicted molar refractivity (Wildman–Crippen MR) is 104 cm³/mol. The SMILES string of the molecule is Cc1cc(-c2c(-c3cccc(C#N)c3)nn3ccc(C(N)=O)nc23)cc(C)n1. The molecule has 2 N–H and O–H groups in total. The van der Waals surface area contributed by atoms with Crippen molar-refractivity contribution in [3.63, 3.8) is 0 Å². The van der Waals surface area contributed by atoms with Crippen molar-refractivity contribution in [2.45, 2.75) is 13.8 Å². The van der Waals surface area contributed by atoms with Gasteiger partial charge in [0.25, 0.3) is 5.91 Å². The van der Waals surface area contributed by atoms with Crippen LogP contribution in [0.3, 0.4) is 0 Å². The minimum Gasteiger partial charge on any atom is -0.364 e. The lowest BCUT2D eigenvalue weighted by Gasteiger charge is -2.06. The number of carbonyl (C=O) groups excluding carboxylic acids is 1. The molecule has 28 heavy (non-hydrogen) atoms. The predicted octanol–water partition coefficient (Wildman–Crippen LogP) is 3.05. The van der Waals surface area contributed by atoms with Crippen molar-refractivity contribution < 1.29 is 4.79 Å². The Hall–Kier alpha value is -4.05. The number of hydrogen-bond acceptors (Lipinski definition) is 5. The number of nitrogens with two attached hydrogens (primary N) is 1. The minimum atomic E-state index is -0.607. The quantitative estimate of drug-likeness (QED) is 0.597. The van der Waals surface area contributed by atoms with Crippen LogP contribution in [0, 0.1) is 25.2 Å². The Morgan fingerprint density at radius 2 is 1.82 bits per heavy atom. The third kappa shape index (κ3) is 2.97. The number of benzene rings is 1. The normalized spacial score (nSPS) is 10.8.